The van der Waals surface area contributed by atoms with Crippen LogP contribution >= 0.6 is 11.3 Å². The van der Waals surface area contributed by atoms with Crippen LogP contribution < -0.4 is 10.1 Å². The second kappa shape index (κ2) is 9.98. The number of ether oxygens (including phenoxy) is 1. The number of hydrogen-bond acceptors (Lipinski definition) is 7. The summed E-state index contributed by atoms with van der Waals surface area (Å²) in [6, 6.07) is 16.9. The monoisotopic (exact) mass is 431 g/mol. The van der Waals surface area contributed by atoms with Gasteiger partial charge in [-0.2, -0.15) is 8.42 Å². The number of aromatic nitrogens is 1. The lowest BCUT2D eigenvalue weighted by Crippen LogP contribution is -2.28. The number of thiazole rings is 1. The number of nitrogens with one attached hydrogen (secondary N) is 1. The van der Waals surface area contributed by atoms with Gasteiger partial charge in [0.05, 0.1) is 23.9 Å². The van der Waals surface area contributed by atoms with Crippen LogP contribution in [-0.4, -0.2) is 27.2 Å². The highest BCUT2D eigenvalue weighted by atomic mass is 32.2. The molecule has 1 N–H and O–H groups in total. The molecular weight excluding hydrogens is 408 g/mol. The number of rotatable bonds is 10. The number of nitrogens with zero attached hydrogens (tertiary/aromatic N) is 1. The summed E-state index contributed by atoms with van der Waals surface area (Å²) in [5, 5.41) is 6.22. The van der Waals surface area contributed by atoms with E-state index in [1.807, 2.05) is 29.6 Å². The van der Waals surface area contributed by atoms with Crippen LogP contribution in [0, 0.1) is 6.07 Å². The Morgan fingerprint density at radius 1 is 1.21 bits per heavy atom. The Morgan fingerprint density at radius 3 is 2.66 bits per heavy atom. The van der Waals surface area contributed by atoms with Crippen molar-refractivity contribution in [3.05, 3.63) is 76.2 Å². The largest absolute Gasteiger partial charge is 0.495 e. The molecule has 0 amide bonds. The third kappa shape index (κ3) is 5.63. The standard InChI is InChI=1S/C21H23N2O4S2/c1-3-21-23-18(14-28-21)17(13-16-9-5-4-6-10-16)22-15-27-29(24,25)20-12-8-7-11-19(20)26-2/h5-12,14,17,22H,3,13,15H2,1-2H3/t17-/m0/s1. The van der Waals surface area contributed by atoms with Crippen LogP contribution in [-0.2, 0) is 27.1 Å². The molecule has 0 saturated heterocycles. The van der Waals surface area contributed by atoms with E-state index in [0.29, 0.717) is 6.42 Å². The van der Waals surface area contributed by atoms with Gasteiger partial charge in [0.15, 0.2) is 0 Å². The first-order valence-corrected chi connectivity index (χ1v) is 11.5. The normalized spacial score (nSPS) is 12.6. The molecule has 0 unspecified atom stereocenters. The van der Waals surface area contributed by atoms with Crippen molar-refractivity contribution in [1.82, 2.24) is 10.3 Å². The molecule has 0 spiro atoms. The van der Waals surface area contributed by atoms with Crippen LogP contribution in [0.25, 0.3) is 0 Å². The summed E-state index contributed by atoms with van der Waals surface area (Å²) in [5.41, 5.74) is 1.97. The van der Waals surface area contributed by atoms with Crippen molar-refractivity contribution < 1.29 is 17.3 Å². The SMILES string of the molecule is CCc1nc([C@H](Cc2cc[c]cc2)NCOS(=O)(=O)c2ccccc2OC)cs1. The molecule has 29 heavy (non-hydrogen) atoms. The van der Waals surface area contributed by atoms with E-state index in [1.54, 1.807) is 29.5 Å². The van der Waals surface area contributed by atoms with Crippen molar-refractivity contribution in [2.24, 2.45) is 0 Å². The highest BCUT2D eigenvalue weighted by Crippen LogP contribution is 2.25. The Kier molecular flexibility index (Phi) is 7.38. The molecule has 0 aliphatic carbocycles. The molecule has 1 aromatic heterocycles. The fraction of sp³-hybridized carbons (Fsp3) is 0.286. The molecule has 3 aromatic rings. The molecule has 1 radical (unpaired) electrons. The topological polar surface area (TPSA) is 77.5 Å². The molecule has 3 rings (SSSR count). The lowest BCUT2D eigenvalue weighted by atomic mass is 10.0. The molecule has 1 heterocycles. The predicted molar refractivity (Wildman–Crippen MR) is 112 cm³/mol. The minimum absolute atomic E-state index is 0.00127. The quantitative estimate of drug-likeness (QED) is 0.389. The number of methoxy groups -OCH3 is 1. The zero-order valence-corrected chi connectivity index (χ0v) is 17.9. The van der Waals surface area contributed by atoms with Crippen molar-refractivity contribution in [2.75, 3.05) is 13.8 Å². The molecule has 0 bridgehead atoms. The van der Waals surface area contributed by atoms with Gasteiger partial charge in [0, 0.05) is 5.38 Å². The Labute approximate surface area is 175 Å². The molecule has 6 nitrogen and oxygen atoms in total. The van der Waals surface area contributed by atoms with Crippen LogP contribution in [0.1, 0.15) is 29.2 Å². The van der Waals surface area contributed by atoms with Crippen LogP contribution in [0.2, 0.25) is 0 Å². The van der Waals surface area contributed by atoms with Crippen molar-refractivity contribution in [2.45, 2.75) is 30.7 Å². The summed E-state index contributed by atoms with van der Waals surface area (Å²) in [6.45, 7) is 1.88. The molecule has 1 atom stereocenters. The maximum atomic E-state index is 12.6. The number of para-hydroxylation sites is 1. The number of aryl methyl sites for hydroxylation is 1. The van der Waals surface area contributed by atoms with E-state index in [4.69, 9.17) is 8.92 Å². The van der Waals surface area contributed by atoms with Crippen molar-refractivity contribution in [3.8, 4) is 5.75 Å². The minimum Gasteiger partial charge on any atom is -0.495 e. The maximum absolute atomic E-state index is 12.6. The average Bonchev–Trinajstić information content (AvgIpc) is 3.23. The van der Waals surface area contributed by atoms with E-state index < -0.39 is 10.1 Å². The van der Waals surface area contributed by atoms with Crippen LogP contribution in [0.3, 0.4) is 0 Å². The van der Waals surface area contributed by atoms with E-state index in [-0.39, 0.29) is 23.4 Å². The molecule has 0 aliphatic heterocycles. The molecule has 2 aromatic carbocycles. The van der Waals surface area contributed by atoms with Gasteiger partial charge in [0.2, 0.25) is 0 Å². The van der Waals surface area contributed by atoms with Gasteiger partial charge in [-0.05, 0) is 36.6 Å². The Morgan fingerprint density at radius 2 is 1.97 bits per heavy atom. The molecule has 0 aliphatic rings. The molecule has 8 heteroatoms. The fourth-order valence-electron chi connectivity index (χ4n) is 2.82. The summed E-state index contributed by atoms with van der Waals surface area (Å²) >= 11 is 1.60. The van der Waals surface area contributed by atoms with E-state index >= 15 is 0 Å². The first-order valence-electron chi connectivity index (χ1n) is 9.18. The first-order chi connectivity index (χ1) is 14.0. The molecule has 153 valence electrons. The van der Waals surface area contributed by atoms with Gasteiger partial charge in [-0.15, -0.1) is 11.3 Å². The predicted octanol–water partition coefficient (Wildman–Crippen LogP) is 3.75. The maximum Gasteiger partial charge on any atom is 0.301 e. The number of hydrogen-bond donors (Lipinski definition) is 1. The molecule has 0 saturated carbocycles. The zero-order chi connectivity index (χ0) is 20.7. The summed E-state index contributed by atoms with van der Waals surface area (Å²) in [5.74, 6) is 0.247. The summed E-state index contributed by atoms with van der Waals surface area (Å²) in [7, 11) is -2.54. The summed E-state index contributed by atoms with van der Waals surface area (Å²) in [6.07, 6.45) is 1.51. The number of benzene rings is 2. The van der Waals surface area contributed by atoms with Gasteiger partial charge >= 0.3 is 10.1 Å². The Bertz CT molecular complexity index is 1020. The van der Waals surface area contributed by atoms with Crippen LogP contribution in [0.4, 0.5) is 0 Å². The second-order valence-corrected chi connectivity index (χ2v) is 8.78. The fourth-order valence-corrected chi connectivity index (χ4v) is 4.61. The minimum atomic E-state index is -3.96. The van der Waals surface area contributed by atoms with Crippen LogP contribution in [0.5, 0.6) is 5.75 Å². The van der Waals surface area contributed by atoms with Gasteiger partial charge in [-0.25, -0.2) is 4.98 Å². The average molecular weight is 432 g/mol. The van der Waals surface area contributed by atoms with Gasteiger partial charge in [0.1, 0.15) is 17.4 Å². The van der Waals surface area contributed by atoms with Gasteiger partial charge in [-0.1, -0.05) is 43.3 Å². The van der Waals surface area contributed by atoms with E-state index in [0.717, 1.165) is 22.7 Å². The van der Waals surface area contributed by atoms with E-state index in [1.165, 1.54) is 13.2 Å². The van der Waals surface area contributed by atoms with E-state index in [9.17, 15) is 8.42 Å². The summed E-state index contributed by atoms with van der Waals surface area (Å²) < 4.78 is 35.5. The van der Waals surface area contributed by atoms with Gasteiger partial charge < -0.3 is 4.74 Å². The lowest BCUT2D eigenvalue weighted by molar-refractivity contribution is 0.264. The summed E-state index contributed by atoms with van der Waals surface area (Å²) in [4.78, 5) is 4.65. The lowest BCUT2D eigenvalue weighted by Gasteiger charge is -2.17. The molecule has 0 fully saturated rings. The van der Waals surface area contributed by atoms with Crippen LogP contribution in [0.15, 0.2) is 58.8 Å². The highest BCUT2D eigenvalue weighted by molar-refractivity contribution is 7.86. The Hall–Kier alpha value is -2.26. The molecular formula is C21H23N2O4S2. The highest BCUT2D eigenvalue weighted by Gasteiger charge is 2.22. The van der Waals surface area contributed by atoms with Gasteiger partial charge in [-0.3, -0.25) is 9.50 Å². The van der Waals surface area contributed by atoms with Crippen molar-refractivity contribution in [3.63, 3.8) is 0 Å². The van der Waals surface area contributed by atoms with Crippen molar-refractivity contribution in [1.29, 1.82) is 0 Å². The third-order valence-corrected chi connectivity index (χ3v) is 6.65. The van der Waals surface area contributed by atoms with Crippen molar-refractivity contribution >= 4 is 21.5 Å². The third-order valence-electron chi connectivity index (χ3n) is 4.34. The van der Waals surface area contributed by atoms with E-state index in [2.05, 4.69) is 23.3 Å². The second-order valence-electron chi connectivity index (χ2n) is 6.26. The smallest absolute Gasteiger partial charge is 0.301 e. The Balaban J connectivity index is 1.72. The van der Waals surface area contributed by atoms with Gasteiger partial charge in [0.25, 0.3) is 0 Å². The first kappa shape index (κ1) is 21.4. The zero-order valence-electron chi connectivity index (χ0n) is 16.3.